The Hall–Kier alpha value is -0.640. The minimum Gasteiger partial charge on any atom is -0.298 e. The number of sulfone groups is 1. The predicted molar refractivity (Wildman–Crippen MR) is 48.7 cm³/mol. The average molecular weight is 190 g/mol. The molecule has 12 heavy (non-hydrogen) atoms. The number of hydrogen-bond donors (Lipinski definition) is 0. The summed E-state index contributed by atoms with van der Waals surface area (Å²) in [4.78, 5) is 11.2. The molecule has 1 atom stereocenters. The molecule has 4 heteroatoms. The maximum Gasteiger partial charge on any atom is 0.157 e. The van der Waals surface area contributed by atoms with Crippen molar-refractivity contribution in [1.82, 2.24) is 0 Å². The third-order valence-electron chi connectivity index (χ3n) is 1.57. The summed E-state index contributed by atoms with van der Waals surface area (Å²) in [5.74, 6) is -0.287. The molecule has 0 radical (unpaired) electrons. The molecule has 0 spiro atoms. The van der Waals surface area contributed by atoms with Gasteiger partial charge in [-0.05, 0) is 13.8 Å². The summed E-state index contributed by atoms with van der Waals surface area (Å²) < 4.78 is 21.8. The van der Waals surface area contributed by atoms with Gasteiger partial charge in [0, 0.05) is 12.7 Å². The van der Waals surface area contributed by atoms with Crippen molar-refractivity contribution < 1.29 is 13.2 Å². The first kappa shape index (κ1) is 11.4. The molecule has 3 nitrogen and oxygen atoms in total. The predicted octanol–water partition coefficient (Wildman–Crippen LogP) is 0.955. The number of ketones is 1. The van der Waals surface area contributed by atoms with Crippen LogP contribution in [-0.4, -0.2) is 25.7 Å². The lowest BCUT2D eigenvalue weighted by Crippen LogP contribution is -2.26. The number of rotatable bonds is 4. The van der Waals surface area contributed by atoms with Crippen LogP contribution in [-0.2, 0) is 14.6 Å². The zero-order valence-corrected chi connectivity index (χ0v) is 8.44. The third kappa shape index (κ3) is 3.67. The molecule has 0 aromatic rings. The van der Waals surface area contributed by atoms with Crippen molar-refractivity contribution in [3.05, 3.63) is 12.2 Å². The van der Waals surface area contributed by atoms with E-state index in [1.807, 2.05) is 0 Å². The lowest BCUT2D eigenvalue weighted by molar-refractivity contribution is -0.117. The highest BCUT2D eigenvalue weighted by Gasteiger charge is 2.22. The van der Waals surface area contributed by atoms with Crippen molar-refractivity contribution >= 4 is 15.6 Å². The van der Waals surface area contributed by atoms with Gasteiger partial charge in [-0.15, -0.1) is 0 Å². The maximum atomic E-state index is 11.2. The largest absolute Gasteiger partial charge is 0.298 e. The second-order valence-corrected chi connectivity index (χ2v) is 5.44. The molecule has 1 unspecified atom stereocenters. The Morgan fingerprint density at radius 2 is 1.92 bits per heavy atom. The zero-order chi connectivity index (χ0) is 9.94. The van der Waals surface area contributed by atoms with Crippen LogP contribution in [0, 0.1) is 0 Å². The fourth-order valence-electron chi connectivity index (χ4n) is 0.680. The molecule has 0 aliphatic carbocycles. The van der Waals surface area contributed by atoms with Gasteiger partial charge in [0.15, 0.2) is 15.6 Å². The molecule has 0 aliphatic heterocycles. The number of Topliss-reactive ketones (excluding diaryl/α,β-unsaturated/α-hetero) is 1. The summed E-state index contributed by atoms with van der Waals surface area (Å²) in [6.45, 7) is 6.65. The molecule has 0 aromatic heterocycles. The zero-order valence-electron chi connectivity index (χ0n) is 7.62. The Balaban J connectivity index is 4.42. The SMILES string of the molecule is C=C(C)CC(=O)C(C)S(C)(=O)=O. The van der Waals surface area contributed by atoms with E-state index in [-0.39, 0.29) is 12.2 Å². The van der Waals surface area contributed by atoms with Gasteiger partial charge in [0.25, 0.3) is 0 Å². The van der Waals surface area contributed by atoms with Crippen LogP contribution >= 0.6 is 0 Å². The number of allylic oxidation sites excluding steroid dienone is 1. The summed E-state index contributed by atoms with van der Waals surface area (Å²) >= 11 is 0. The second kappa shape index (κ2) is 3.85. The average Bonchev–Trinajstić information content (AvgIpc) is 1.82. The fraction of sp³-hybridized carbons (Fsp3) is 0.625. The Kier molecular flexibility index (Phi) is 3.64. The Morgan fingerprint density at radius 3 is 2.17 bits per heavy atom. The molecule has 0 bridgehead atoms. The highest BCUT2D eigenvalue weighted by Crippen LogP contribution is 2.06. The van der Waals surface area contributed by atoms with Gasteiger partial charge >= 0.3 is 0 Å². The van der Waals surface area contributed by atoms with E-state index in [4.69, 9.17) is 0 Å². The van der Waals surface area contributed by atoms with Crippen LogP contribution < -0.4 is 0 Å². The topological polar surface area (TPSA) is 51.2 Å². The first-order valence-electron chi connectivity index (χ1n) is 3.61. The molecule has 0 aliphatic rings. The van der Waals surface area contributed by atoms with Crippen molar-refractivity contribution in [3.8, 4) is 0 Å². The van der Waals surface area contributed by atoms with Gasteiger partial charge in [0.2, 0.25) is 0 Å². The van der Waals surface area contributed by atoms with Gasteiger partial charge in [0.1, 0.15) is 5.25 Å². The number of carbonyl (C=O) groups excluding carboxylic acids is 1. The van der Waals surface area contributed by atoms with Crippen LogP contribution in [0.2, 0.25) is 0 Å². The summed E-state index contributed by atoms with van der Waals surface area (Å²) in [6, 6.07) is 0. The van der Waals surface area contributed by atoms with Crippen LogP contribution in [0.3, 0.4) is 0 Å². The number of carbonyl (C=O) groups is 1. The van der Waals surface area contributed by atoms with Crippen LogP contribution in [0.15, 0.2) is 12.2 Å². The van der Waals surface area contributed by atoms with Crippen molar-refractivity contribution in [1.29, 1.82) is 0 Å². The number of hydrogen-bond acceptors (Lipinski definition) is 3. The summed E-state index contributed by atoms with van der Waals surface area (Å²) in [6.07, 6.45) is 1.21. The second-order valence-electron chi connectivity index (χ2n) is 3.07. The molecule has 70 valence electrons. The molecule has 0 N–H and O–H groups in total. The van der Waals surface area contributed by atoms with E-state index < -0.39 is 15.1 Å². The van der Waals surface area contributed by atoms with Gasteiger partial charge in [0.05, 0.1) is 0 Å². The molecular formula is C8H14O3S. The van der Waals surface area contributed by atoms with Crippen LogP contribution in [0.1, 0.15) is 20.3 Å². The molecule has 0 heterocycles. The van der Waals surface area contributed by atoms with Gasteiger partial charge in [-0.3, -0.25) is 4.79 Å². The summed E-state index contributed by atoms with van der Waals surface area (Å²) in [7, 11) is -3.24. The van der Waals surface area contributed by atoms with Gasteiger partial charge in [-0.1, -0.05) is 12.2 Å². The van der Waals surface area contributed by atoms with Gasteiger partial charge < -0.3 is 0 Å². The minimum atomic E-state index is -3.24. The highest BCUT2D eigenvalue weighted by molar-refractivity contribution is 7.92. The van der Waals surface area contributed by atoms with Gasteiger partial charge in [-0.2, -0.15) is 0 Å². The van der Waals surface area contributed by atoms with Crippen molar-refractivity contribution in [2.45, 2.75) is 25.5 Å². The van der Waals surface area contributed by atoms with E-state index in [1.165, 1.54) is 6.92 Å². The first-order valence-corrected chi connectivity index (χ1v) is 5.56. The smallest absolute Gasteiger partial charge is 0.157 e. The van der Waals surface area contributed by atoms with E-state index >= 15 is 0 Å². The molecule has 0 rings (SSSR count). The highest BCUT2D eigenvalue weighted by atomic mass is 32.2. The lowest BCUT2D eigenvalue weighted by Gasteiger charge is -2.07. The van der Waals surface area contributed by atoms with Crippen molar-refractivity contribution in [2.75, 3.05) is 6.26 Å². The maximum absolute atomic E-state index is 11.2. The van der Waals surface area contributed by atoms with Crippen molar-refractivity contribution in [2.24, 2.45) is 0 Å². The first-order chi connectivity index (χ1) is 5.25. The summed E-state index contributed by atoms with van der Waals surface area (Å²) in [5, 5.41) is -0.908. The fourth-order valence-corrected chi connectivity index (χ4v) is 1.24. The Morgan fingerprint density at radius 1 is 1.50 bits per heavy atom. The molecular weight excluding hydrogens is 176 g/mol. The van der Waals surface area contributed by atoms with Crippen LogP contribution in [0.4, 0.5) is 0 Å². The molecule has 0 fully saturated rings. The molecule has 0 saturated carbocycles. The molecule has 0 saturated heterocycles. The monoisotopic (exact) mass is 190 g/mol. The van der Waals surface area contributed by atoms with Crippen LogP contribution in [0.5, 0.6) is 0 Å². The summed E-state index contributed by atoms with van der Waals surface area (Å²) in [5.41, 5.74) is 0.690. The quantitative estimate of drug-likeness (QED) is 0.620. The van der Waals surface area contributed by atoms with E-state index in [0.29, 0.717) is 5.57 Å². The van der Waals surface area contributed by atoms with Crippen molar-refractivity contribution in [3.63, 3.8) is 0 Å². The minimum absolute atomic E-state index is 0.147. The van der Waals surface area contributed by atoms with E-state index in [1.54, 1.807) is 6.92 Å². The Labute approximate surface area is 73.4 Å². The third-order valence-corrected chi connectivity index (χ3v) is 3.12. The van der Waals surface area contributed by atoms with E-state index in [2.05, 4.69) is 6.58 Å². The molecule has 0 amide bonds. The normalized spacial score (nSPS) is 13.9. The standard InChI is InChI=1S/C8H14O3S/c1-6(2)5-8(9)7(3)12(4,10)11/h7H,1,5H2,2-4H3. The van der Waals surface area contributed by atoms with E-state index in [9.17, 15) is 13.2 Å². The van der Waals surface area contributed by atoms with Crippen LogP contribution in [0.25, 0.3) is 0 Å². The van der Waals surface area contributed by atoms with Gasteiger partial charge in [-0.25, -0.2) is 8.42 Å². The Bertz CT molecular complexity index is 287. The van der Waals surface area contributed by atoms with E-state index in [0.717, 1.165) is 6.26 Å². The lowest BCUT2D eigenvalue weighted by atomic mass is 10.1. The molecule has 0 aromatic carbocycles.